The normalized spacial score (nSPS) is 21.8. The van der Waals surface area contributed by atoms with Crippen LogP contribution in [0.15, 0.2) is 35.3 Å². The molecule has 1 saturated heterocycles. The molecular formula is C18H29IN4. The van der Waals surface area contributed by atoms with Gasteiger partial charge < -0.3 is 15.1 Å². The summed E-state index contributed by atoms with van der Waals surface area (Å²) >= 11 is 0. The molecule has 128 valence electrons. The first-order valence-electron chi connectivity index (χ1n) is 8.46. The van der Waals surface area contributed by atoms with Gasteiger partial charge in [-0.05, 0) is 37.3 Å². The van der Waals surface area contributed by atoms with Crippen LogP contribution in [0, 0.1) is 5.92 Å². The predicted molar refractivity (Wildman–Crippen MR) is 107 cm³/mol. The summed E-state index contributed by atoms with van der Waals surface area (Å²) in [4.78, 5) is 9.30. The van der Waals surface area contributed by atoms with E-state index in [1.807, 2.05) is 7.05 Å². The van der Waals surface area contributed by atoms with Crippen LogP contribution in [0.5, 0.6) is 0 Å². The standard InChI is InChI=1S/C18H28N4.HI/c1-19-18(21(2)13-15-6-4-3-5-7-15)20-12-16-10-11-22(14-16)17-8-9-17;/h3-7,16-17H,8-14H2,1-2H3,(H,19,20);1H. The van der Waals surface area contributed by atoms with Gasteiger partial charge in [0.25, 0.3) is 0 Å². The number of hydrogen-bond acceptors (Lipinski definition) is 2. The Hall–Kier alpha value is -0.820. The number of aliphatic imine (C=N–C) groups is 1. The van der Waals surface area contributed by atoms with E-state index in [1.165, 1.54) is 37.9 Å². The molecule has 1 saturated carbocycles. The van der Waals surface area contributed by atoms with Crippen LogP contribution in [0.3, 0.4) is 0 Å². The SMILES string of the molecule is CN=C(NCC1CCN(C2CC2)C1)N(C)Cc1ccccc1.I. The maximum atomic E-state index is 4.43. The summed E-state index contributed by atoms with van der Waals surface area (Å²) < 4.78 is 0. The molecule has 3 rings (SSSR count). The van der Waals surface area contributed by atoms with Crippen LogP contribution < -0.4 is 5.32 Å². The molecule has 23 heavy (non-hydrogen) atoms. The van der Waals surface area contributed by atoms with Crippen LogP contribution in [0.25, 0.3) is 0 Å². The molecule has 1 aromatic carbocycles. The summed E-state index contributed by atoms with van der Waals surface area (Å²) in [5.74, 6) is 1.76. The van der Waals surface area contributed by atoms with Crippen molar-refractivity contribution in [2.24, 2.45) is 10.9 Å². The minimum Gasteiger partial charge on any atom is -0.356 e. The topological polar surface area (TPSA) is 30.9 Å². The summed E-state index contributed by atoms with van der Waals surface area (Å²) in [6.45, 7) is 4.47. The van der Waals surface area contributed by atoms with Gasteiger partial charge in [-0.2, -0.15) is 0 Å². The van der Waals surface area contributed by atoms with Gasteiger partial charge >= 0.3 is 0 Å². The number of benzene rings is 1. The zero-order valence-corrected chi connectivity index (χ0v) is 16.6. The number of hydrogen-bond donors (Lipinski definition) is 1. The Bertz CT molecular complexity index is 501. The van der Waals surface area contributed by atoms with Gasteiger partial charge in [-0.1, -0.05) is 30.3 Å². The molecule has 1 atom stereocenters. The van der Waals surface area contributed by atoms with Crippen molar-refractivity contribution in [1.82, 2.24) is 15.1 Å². The average molecular weight is 428 g/mol. The molecule has 1 N–H and O–H groups in total. The van der Waals surface area contributed by atoms with E-state index in [1.54, 1.807) is 0 Å². The summed E-state index contributed by atoms with van der Waals surface area (Å²) in [7, 11) is 3.97. The number of nitrogens with zero attached hydrogens (tertiary/aromatic N) is 3. The monoisotopic (exact) mass is 428 g/mol. The number of guanidine groups is 1. The highest BCUT2D eigenvalue weighted by Gasteiger charge is 2.34. The Kier molecular flexibility index (Phi) is 7.14. The van der Waals surface area contributed by atoms with E-state index >= 15 is 0 Å². The highest BCUT2D eigenvalue weighted by Crippen LogP contribution is 2.31. The fourth-order valence-corrected chi connectivity index (χ4v) is 3.35. The van der Waals surface area contributed by atoms with Gasteiger partial charge in [-0.15, -0.1) is 24.0 Å². The summed E-state index contributed by atoms with van der Waals surface area (Å²) in [5, 5.41) is 3.56. The molecule has 0 spiro atoms. The molecule has 1 aliphatic heterocycles. The molecule has 1 unspecified atom stereocenters. The molecule has 0 bridgehead atoms. The quantitative estimate of drug-likeness (QED) is 0.445. The molecule has 1 heterocycles. The number of halogens is 1. The van der Waals surface area contributed by atoms with Crippen LogP contribution >= 0.6 is 24.0 Å². The van der Waals surface area contributed by atoms with E-state index in [-0.39, 0.29) is 24.0 Å². The van der Waals surface area contributed by atoms with Gasteiger partial charge in [0.05, 0.1) is 0 Å². The van der Waals surface area contributed by atoms with Crippen molar-refractivity contribution in [1.29, 1.82) is 0 Å². The Balaban J connectivity index is 0.00000192. The number of likely N-dealkylation sites (tertiary alicyclic amines) is 1. The van der Waals surface area contributed by atoms with Crippen LogP contribution in [0.2, 0.25) is 0 Å². The molecule has 2 fully saturated rings. The molecule has 1 aromatic rings. The molecule has 0 radical (unpaired) electrons. The van der Waals surface area contributed by atoms with Crippen molar-refractivity contribution in [2.45, 2.75) is 31.8 Å². The zero-order chi connectivity index (χ0) is 15.4. The van der Waals surface area contributed by atoms with Crippen molar-refractivity contribution in [3.8, 4) is 0 Å². The van der Waals surface area contributed by atoms with E-state index in [4.69, 9.17) is 0 Å². The molecule has 0 aromatic heterocycles. The predicted octanol–water partition coefficient (Wildman–Crippen LogP) is 2.80. The van der Waals surface area contributed by atoms with Gasteiger partial charge in [0.15, 0.2) is 5.96 Å². The van der Waals surface area contributed by atoms with Crippen molar-refractivity contribution in [3.05, 3.63) is 35.9 Å². The first kappa shape index (κ1) is 18.5. The highest BCUT2D eigenvalue weighted by atomic mass is 127. The lowest BCUT2D eigenvalue weighted by atomic mass is 10.1. The van der Waals surface area contributed by atoms with Crippen molar-refractivity contribution >= 4 is 29.9 Å². The minimum atomic E-state index is 0. The fourth-order valence-electron chi connectivity index (χ4n) is 3.35. The van der Waals surface area contributed by atoms with E-state index in [2.05, 4.69) is 57.5 Å². The van der Waals surface area contributed by atoms with E-state index in [0.29, 0.717) is 0 Å². The lowest BCUT2D eigenvalue weighted by molar-refractivity contribution is 0.313. The van der Waals surface area contributed by atoms with Gasteiger partial charge in [-0.3, -0.25) is 4.99 Å². The van der Waals surface area contributed by atoms with Gasteiger partial charge in [-0.25, -0.2) is 0 Å². The summed E-state index contributed by atoms with van der Waals surface area (Å²) in [5.41, 5.74) is 1.31. The Morgan fingerprint density at radius 3 is 2.65 bits per heavy atom. The second-order valence-electron chi connectivity index (χ2n) is 6.65. The average Bonchev–Trinajstić information content (AvgIpc) is 3.28. The maximum absolute atomic E-state index is 4.43. The lowest BCUT2D eigenvalue weighted by Gasteiger charge is -2.23. The third-order valence-corrected chi connectivity index (χ3v) is 4.77. The molecule has 4 nitrogen and oxygen atoms in total. The molecule has 1 aliphatic carbocycles. The van der Waals surface area contributed by atoms with E-state index in [0.717, 1.165) is 31.0 Å². The maximum Gasteiger partial charge on any atom is 0.193 e. The molecular weight excluding hydrogens is 399 g/mol. The highest BCUT2D eigenvalue weighted by molar-refractivity contribution is 14.0. The smallest absolute Gasteiger partial charge is 0.193 e. The molecule has 0 amide bonds. The third kappa shape index (κ3) is 5.35. The third-order valence-electron chi connectivity index (χ3n) is 4.77. The Labute approximate surface area is 157 Å². The van der Waals surface area contributed by atoms with Crippen LogP contribution in [-0.2, 0) is 6.54 Å². The number of nitrogens with one attached hydrogen (secondary N) is 1. The zero-order valence-electron chi connectivity index (χ0n) is 14.2. The van der Waals surface area contributed by atoms with Gasteiger partial charge in [0.2, 0.25) is 0 Å². The van der Waals surface area contributed by atoms with Crippen LogP contribution in [0.1, 0.15) is 24.8 Å². The first-order valence-corrected chi connectivity index (χ1v) is 8.46. The summed E-state index contributed by atoms with van der Waals surface area (Å²) in [6, 6.07) is 11.5. The molecule has 2 aliphatic rings. The van der Waals surface area contributed by atoms with Crippen molar-refractivity contribution < 1.29 is 0 Å². The van der Waals surface area contributed by atoms with Gasteiger partial charge in [0, 0.05) is 39.8 Å². The second-order valence-corrected chi connectivity index (χ2v) is 6.65. The first-order chi connectivity index (χ1) is 10.8. The molecule has 5 heteroatoms. The number of rotatable bonds is 5. The largest absolute Gasteiger partial charge is 0.356 e. The summed E-state index contributed by atoms with van der Waals surface area (Å²) in [6.07, 6.45) is 4.16. The minimum absolute atomic E-state index is 0. The van der Waals surface area contributed by atoms with Crippen LogP contribution in [-0.4, -0.2) is 55.5 Å². The second kappa shape index (κ2) is 8.87. The van der Waals surface area contributed by atoms with Crippen LogP contribution in [0.4, 0.5) is 0 Å². The Morgan fingerprint density at radius 1 is 1.26 bits per heavy atom. The van der Waals surface area contributed by atoms with Gasteiger partial charge in [0.1, 0.15) is 0 Å². The van der Waals surface area contributed by atoms with E-state index < -0.39 is 0 Å². The van der Waals surface area contributed by atoms with Crippen molar-refractivity contribution in [2.75, 3.05) is 33.7 Å². The van der Waals surface area contributed by atoms with Crippen molar-refractivity contribution in [3.63, 3.8) is 0 Å². The Morgan fingerprint density at radius 2 is 2.00 bits per heavy atom. The fraction of sp³-hybridized carbons (Fsp3) is 0.611. The van der Waals surface area contributed by atoms with E-state index in [9.17, 15) is 0 Å². The lowest BCUT2D eigenvalue weighted by Crippen LogP contribution is -2.41.